The molecule has 2 aliphatic rings. The van der Waals surface area contributed by atoms with E-state index in [1.165, 1.54) is 0 Å². The molecule has 0 spiro atoms. The number of hydrogen-bond acceptors (Lipinski definition) is 5. The smallest absolute Gasteiger partial charge is 0.321 e. The summed E-state index contributed by atoms with van der Waals surface area (Å²) in [6.07, 6.45) is -1.27. The molecule has 2 fully saturated rings. The van der Waals surface area contributed by atoms with Crippen LogP contribution in [0.5, 0.6) is 0 Å². The highest BCUT2D eigenvalue weighted by molar-refractivity contribution is 5.89. The van der Waals surface area contributed by atoms with Gasteiger partial charge in [0.25, 0.3) is 0 Å². The first kappa shape index (κ1) is 12.0. The Bertz CT molecular complexity index is 424. The third kappa shape index (κ3) is 2.26. The first-order chi connectivity index (χ1) is 8.47. The standard InChI is InChI=1S/C8H11N5O5/c14-3(9-1-4(15)16)2-13-6-5(11-8(13)18)10-7(17)12-6/h5-6H,1-2H2,(H,9,14)(H,11,18)(H,15,16)(H2,10,12,17)/p-1/t5-,6+/m1/s1. The van der Waals surface area contributed by atoms with Crippen molar-refractivity contribution in [1.82, 2.24) is 26.2 Å². The zero-order chi connectivity index (χ0) is 13.3. The molecule has 98 valence electrons. The van der Waals surface area contributed by atoms with Crippen LogP contribution in [-0.4, -0.2) is 54.3 Å². The Labute approximate surface area is 101 Å². The molecule has 2 saturated heterocycles. The lowest BCUT2D eigenvalue weighted by atomic mass is 10.4. The second-order valence-corrected chi connectivity index (χ2v) is 3.77. The number of fused-ring (bicyclic) bond motifs is 1. The van der Waals surface area contributed by atoms with E-state index >= 15 is 0 Å². The van der Waals surface area contributed by atoms with Gasteiger partial charge in [-0.15, -0.1) is 0 Å². The van der Waals surface area contributed by atoms with Crippen molar-refractivity contribution in [2.45, 2.75) is 12.3 Å². The number of nitrogens with one attached hydrogen (secondary N) is 4. The Morgan fingerprint density at radius 3 is 2.67 bits per heavy atom. The second-order valence-electron chi connectivity index (χ2n) is 3.77. The number of hydrogen-bond donors (Lipinski definition) is 4. The van der Waals surface area contributed by atoms with Crippen LogP contribution in [0.15, 0.2) is 0 Å². The van der Waals surface area contributed by atoms with Gasteiger partial charge in [-0.25, -0.2) is 9.59 Å². The number of aliphatic carboxylic acids is 1. The Morgan fingerprint density at radius 2 is 2.00 bits per heavy atom. The molecule has 0 aromatic heterocycles. The molecular weight excluding hydrogens is 246 g/mol. The van der Waals surface area contributed by atoms with Crippen molar-refractivity contribution in [3.05, 3.63) is 0 Å². The van der Waals surface area contributed by atoms with Crippen LogP contribution < -0.4 is 26.4 Å². The second kappa shape index (κ2) is 4.39. The number of carbonyl (C=O) groups excluding carboxylic acids is 4. The zero-order valence-electron chi connectivity index (χ0n) is 9.06. The Hall–Kier alpha value is -2.52. The van der Waals surface area contributed by atoms with Gasteiger partial charge in [-0.1, -0.05) is 0 Å². The first-order valence-corrected chi connectivity index (χ1v) is 5.08. The third-order valence-corrected chi connectivity index (χ3v) is 2.50. The Morgan fingerprint density at radius 1 is 1.28 bits per heavy atom. The molecule has 5 amide bonds. The summed E-state index contributed by atoms with van der Waals surface area (Å²) in [6, 6.07) is -0.980. The maximum Gasteiger partial charge on any atom is 0.321 e. The number of amides is 5. The highest BCUT2D eigenvalue weighted by Gasteiger charge is 2.45. The zero-order valence-corrected chi connectivity index (χ0v) is 9.06. The highest BCUT2D eigenvalue weighted by Crippen LogP contribution is 2.12. The number of carbonyl (C=O) groups is 4. The van der Waals surface area contributed by atoms with Gasteiger partial charge in [0.15, 0.2) is 0 Å². The minimum Gasteiger partial charge on any atom is -0.548 e. The minimum atomic E-state index is -1.43. The average Bonchev–Trinajstić information content (AvgIpc) is 2.74. The van der Waals surface area contributed by atoms with Crippen LogP contribution in [0.2, 0.25) is 0 Å². The number of rotatable bonds is 4. The molecule has 4 N–H and O–H groups in total. The fourth-order valence-corrected chi connectivity index (χ4v) is 1.75. The summed E-state index contributed by atoms with van der Waals surface area (Å²) in [6.45, 7) is -0.991. The summed E-state index contributed by atoms with van der Waals surface area (Å²) < 4.78 is 0. The van der Waals surface area contributed by atoms with E-state index in [4.69, 9.17) is 0 Å². The van der Waals surface area contributed by atoms with E-state index in [-0.39, 0.29) is 6.54 Å². The van der Waals surface area contributed by atoms with Gasteiger partial charge in [-0.05, 0) is 0 Å². The topological polar surface area (TPSA) is 143 Å². The largest absolute Gasteiger partial charge is 0.548 e. The molecule has 10 heteroatoms. The molecular formula is C8H10N5O5-. The summed E-state index contributed by atoms with van der Waals surface area (Å²) in [7, 11) is 0. The Kier molecular flexibility index (Phi) is 2.92. The molecule has 0 unspecified atom stereocenters. The van der Waals surface area contributed by atoms with Gasteiger partial charge in [0.1, 0.15) is 18.9 Å². The summed E-state index contributed by atoms with van der Waals surface area (Å²) in [5, 5.41) is 19.6. The van der Waals surface area contributed by atoms with Crippen LogP contribution in [0.4, 0.5) is 9.59 Å². The van der Waals surface area contributed by atoms with Crippen LogP contribution in [0.1, 0.15) is 0 Å². The van der Waals surface area contributed by atoms with E-state index in [1.807, 2.05) is 0 Å². The van der Waals surface area contributed by atoms with Gasteiger partial charge < -0.3 is 31.2 Å². The molecule has 0 saturated carbocycles. The first-order valence-electron chi connectivity index (χ1n) is 5.08. The highest BCUT2D eigenvalue weighted by atomic mass is 16.4. The summed E-state index contributed by atoms with van der Waals surface area (Å²) in [5.74, 6) is -2.08. The van der Waals surface area contributed by atoms with E-state index in [1.54, 1.807) is 0 Å². The van der Waals surface area contributed by atoms with Gasteiger partial charge in [0.05, 0.1) is 12.5 Å². The molecule has 0 radical (unpaired) electrons. The van der Waals surface area contributed by atoms with Crippen molar-refractivity contribution < 1.29 is 24.3 Å². The summed E-state index contributed by atoms with van der Waals surface area (Å²) in [5.41, 5.74) is 0. The molecule has 0 aliphatic carbocycles. The Balaban J connectivity index is 1.92. The maximum atomic E-state index is 11.5. The van der Waals surface area contributed by atoms with E-state index in [9.17, 15) is 24.3 Å². The summed E-state index contributed by atoms with van der Waals surface area (Å²) in [4.78, 5) is 45.1. The number of carboxylic acid groups (broad SMARTS) is 1. The van der Waals surface area contributed by atoms with E-state index in [0.717, 1.165) is 4.90 Å². The monoisotopic (exact) mass is 256 g/mol. The van der Waals surface area contributed by atoms with Crippen molar-refractivity contribution in [3.63, 3.8) is 0 Å². The maximum absolute atomic E-state index is 11.5. The van der Waals surface area contributed by atoms with E-state index in [0.29, 0.717) is 0 Å². The predicted octanol–water partition coefficient (Wildman–Crippen LogP) is -4.16. The van der Waals surface area contributed by atoms with Gasteiger partial charge in [0.2, 0.25) is 5.91 Å². The molecule has 2 atom stereocenters. The molecule has 2 rings (SSSR count). The third-order valence-electron chi connectivity index (χ3n) is 2.50. The van der Waals surface area contributed by atoms with Gasteiger partial charge in [0, 0.05) is 0 Å². The molecule has 10 nitrogen and oxygen atoms in total. The van der Waals surface area contributed by atoms with Gasteiger partial charge >= 0.3 is 12.1 Å². The van der Waals surface area contributed by atoms with Crippen molar-refractivity contribution in [2.24, 2.45) is 0 Å². The number of urea groups is 2. The van der Waals surface area contributed by atoms with Crippen LogP contribution in [-0.2, 0) is 9.59 Å². The van der Waals surface area contributed by atoms with E-state index in [2.05, 4.69) is 21.3 Å². The van der Waals surface area contributed by atoms with Gasteiger partial charge in [-0.3, -0.25) is 9.69 Å². The molecule has 2 heterocycles. The average molecular weight is 256 g/mol. The van der Waals surface area contributed by atoms with Crippen LogP contribution >= 0.6 is 0 Å². The molecule has 18 heavy (non-hydrogen) atoms. The van der Waals surface area contributed by atoms with Crippen molar-refractivity contribution >= 4 is 23.9 Å². The predicted molar refractivity (Wildman–Crippen MR) is 52.5 cm³/mol. The quantitative estimate of drug-likeness (QED) is 0.403. The number of nitrogens with zero attached hydrogens (tertiary/aromatic N) is 1. The van der Waals surface area contributed by atoms with Crippen LogP contribution in [0, 0.1) is 0 Å². The van der Waals surface area contributed by atoms with Gasteiger partial charge in [-0.2, -0.15) is 0 Å². The lowest BCUT2D eigenvalue weighted by Gasteiger charge is -2.20. The molecule has 0 bridgehead atoms. The van der Waals surface area contributed by atoms with Crippen molar-refractivity contribution in [2.75, 3.05) is 13.1 Å². The van der Waals surface area contributed by atoms with E-state index < -0.39 is 42.8 Å². The fourth-order valence-electron chi connectivity index (χ4n) is 1.75. The number of carboxylic acids is 1. The minimum absolute atomic E-state index is 0.359. The van der Waals surface area contributed by atoms with Crippen molar-refractivity contribution in [1.29, 1.82) is 0 Å². The lowest BCUT2D eigenvalue weighted by Crippen LogP contribution is -2.49. The fraction of sp³-hybridized carbons (Fsp3) is 0.500. The lowest BCUT2D eigenvalue weighted by molar-refractivity contribution is -0.304. The van der Waals surface area contributed by atoms with Crippen molar-refractivity contribution in [3.8, 4) is 0 Å². The summed E-state index contributed by atoms with van der Waals surface area (Å²) >= 11 is 0. The van der Waals surface area contributed by atoms with Crippen LogP contribution in [0.25, 0.3) is 0 Å². The molecule has 0 aromatic rings. The SMILES string of the molecule is O=C([O-])CNC(=O)CN1C(=O)N[C@H]2NC(=O)N[C@H]21. The molecule has 0 aromatic carbocycles. The van der Waals surface area contributed by atoms with Crippen LogP contribution in [0.3, 0.4) is 0 Å². The molecule has 2 aliphatic heterocycles. The normalized spacial score (nSPS) is 25.0.